The zero-order valence-corrected chi connectivity index (χ0v) is 11.0. The number of nitrogens with zero attached hydrogens (tertiary/aromatic N) is 1. The molecule has 0 amide bonds. The molecule has 1 fully saturated rings. The van der Waals surface area contributed by atoms with Crippen molar-refractivity contribution in [1.29, 1.82) is 0 Å². The Bertz CT molecular complexity index is 491. The predicted octanol–water partition coefficient (Wildman–Crippen LogP) is 2.73. The summed E-state index contributed by atoms with van der Waals surface area (Å²) < 4.78 is 13.4. The number of aromatic carboxylic acids is 1. The number of hydrogen-bond acceptors (Lipinski definition) is 3. The van der Waals surface area contributed by atoms with Gasteiger partial charge >= 0.3 is 5.97 Å². The van der Waals surface area contributed by atoms with Gasteiger partial charge in [0, 0.05) is 13.1 Å². The molecular weight excluding hydrogens is 247 g/mol. The molecule has 1 heterocycles. The van der Waals surface area contributed by atoms with Crippen molar-refractivity contribution in [2.45, 2.75) is 26.2 Å². The summed E-state index contributed by atoms with van der Waals surface area (Å²) in [5.41, 5.74) is 5.72. The second-order valence-corrected chi connectivity index (χ2v) is 5.02. The first-order valence-electron chi connectivity index (χ1n) is 6.60. The van der Waals surface area contributed by atoms with Crippen molar-refractivity contribution in [3.05, 3.63) is 23.5 Å². The molecule has 0 aromatic heterocycles. The Hall–Kier alpha value is -1.78. The molecule has 1 unspecified atom stereocenters. The standard InChI is InChI=1S/C14H19FN2O2/c1-2-9-4-3-7-17(8-9)11-6-5-10(15)13(16)12(11)14(18)19/h5-6,9H,2-4,7-8,16H2,1H3,(H,18,19). The lowest BCUT2D eigenvalue weighted by Gasteiger charge is -2.35. The van der Waals surface area contributed by atoms with Crippen LogP contribution in [0.4, 0.5) is 15.8 Å². The van der Waals surface area contributed by atoms with E-state index in [-0.39, 0.29) is 11.3 Å². The summed E-state index contributed by atoms with van der Waals surface area (Å²) in [6, 6.07) is 2.76. The number of benzene rings is 1. The number of piperidine rings is 1. The van der Waals surface area contributed by atoms with Gasteiger partial charge in [0.1, 0.15) is 11.4 Å². The smallest absolute Gasteiger partial charge is 0.340 e. The third-order valence-corrected chi connectivity index (χ3v) is 3.82. The van der Waals surface area contributed by atoms with Crippen molar-refractivity contribution in [3.8, 4) is 0 Å². The molecule has 0 bridgehead atoms. The number of rotatable bonds is 3. The number of anilines is 2. The maximum atomic E-state index is 13.4. The third kappa shape index (κ3) is 2.64. The lowest BCUT2D eigenvalue weighted by Crippen LogP contribution is -2.36. The van der Waals surface area contributed by atoms with E-state index in [1.165, 1.54) is 12.1 Å². The molecule has 0 spiro atoms. The van der Waals surface area contributed by atoms with Crippen LogP contribution in [0.25, 0.3) is 0 Å². The van der Waals surface area contributed by atoms with Gasteiger partial charge in [-0.15, -0.1) is 0 Å². The summed E-state index contributed by atoms with van der Waals surface area (Å²) in [5, 5.41) is 9.25. The first-order chi connectivity index (χ1) is 9.04. The number of carbonyl (C=O) groups is 1. The number of carboxylic acids is 1. The summed E-state index contributed by atoms with van der Waals surface area (Å²) in [6.45, 7) is 3.73. The lowest BCUT2D eigenvalue weighted by molar-refractivity contribution is 0.0698. The van der Waals surface area contributed by atoms with E-state index < -0.39 is 11.8 Å². The van der Waals surface area contributed by atoms with E-state index >= 15 is 0 Å². The maximum Gasteiger partial charge on any atom is 0.340 e. The van der Waals surface area contributed by atoms with Crippen molar-refractivity contribution < 1.29 is 14.3 Å². The van der Waals surface area contributed by atoms with Crippen molar-refractivity contribution in [3.63, 3.8) is 0 Å². The molecule has 1 aliphatic heterocycles. The van der Waals surface area contributed by atoms with Crippen LogP contribution in [0.15, 0.2) is 12.1 Å². The normalized spacial score (nSPS) is 19.5. The quantitative estimate of drug-likeness (QED) is 0.825. The zero-order valence-electron chi connectivity index (χ0n) is 11.0. The van der Waals surface area contributed by atoms with E-state index in [1.807, 2.05) is 4.90 Å². The molecular formula is C14H19FN2O2. The molecule has 1 atom stereocenters. The summed E-state index contributed by atoms with van der Waals surface area (Å²) in [7, 11) is 0. The molecule has 4 nitrogen and oxygen atoms in total. The average molecular weight is 266 g/mol. The summed E-state index contributed by atoms with van der Waals surface area (Å²) in [4.78, 5) is 13.3. The second kappa shape index (κ2) is 5.47. The molecule has 0 saturated carbocycles. The SMILES string of the molecule is CCC1CCCN(c2ccc(F)c(N)c2C(=O)O)C1. The first kappa shape index (κ1) is 13.6. The Morgan fingerprint density at radius 3 is 2.95 bits per heavy atom. The lowest BCUT2D eigenvalue weighted by atomic mass is 9.94. The Morgan fingerprint density at radius 1 is 1.58 bits per heavy atom. The highest BCUT2D eigenvalue weighted by molar-refractivity contribution is 6.00. The highest BCUT2D eigenvalue weighted by atomic mass is 19.1. The average Bonchev–Trinajstić information content (AvgIpc) is 2.41. The predicted molar refractivity (Wildman–Crippen MR) is 73.0 cm³/mol. The van der Waals surface area contributed by atoms with Crippen LogP contribution >= 0.6 is 0 Å². The third-order valence-electron chi connectivity index (χ3n) is 3.82. The Balaban J connectivity index is 2.39. The van der Waals surface area contributed by atoms with Crippen molar-refractivity contribution in [2.75, 3.05) is 23.7 Å². The molecule has 19 heavy (non-hydrogen) atoms. The number of halogens is 1. The van der Waals surface area contributed by atoms with E-state index in [1.54, 1.807) is 0 Å². The van der Waals surface area contributed by atoms with Crippen LogP contribution < -0.4 is 10.6 Å². The highest BCUT2D eigenvalue weighted by Gasteiger charge is 2.25. The molecule has 2 rings (SSSR count). The zero-order chi connectivity index (χ0) is 14.0. The molecule has 1 aromatic carbocycles. The molecule has 1 aromatic rings. The number of nitrogen functional groups attached to an aromatic ring is 1. The fourth-order valence-electron chi connectivity index (χ4n) is 2.69. The maximum absolute atomic E-state index is 13.4. The van der Waals surface area contributed by atoms with E-state index in [9.17, 15) is 14.3 Å². The van der Waals surface area contributed by atoms with Gasteiger partial charge in [-0.3, -0.25) is 0 Å². The fraction of sp³-hybridized carbons (Fsp3) is 0.500. The van der Waals surface area contributed by atoms with Gasteiger partial charge in [0.05, 0.1) is 11.4 Å². The van der Waals surface area contributed by atoms with Gasteiger partial charge in [0.15, 0.2) is 0 Å². The number of carboxylic acid groups (broad SMARTS) is 1. The van der Waals surface area contributed by atoms with Gasteiger partial charge in [-0.2, -0.15) is 0 Å². The van der Waals surface area contributed by atoms with Crippen LogP contribution in [-0.4, -0.2) is 24.2 Å². The Labute approximate surface area is 112 Å². The number of nitrogens with two attached hydrogens (primary N) is 1. The van der Waals surface area contributed by atoms with E-state index in [0.29, 0.717) is 11.6 Å². The van der Waals surface area contributed by atoms with Gasteiger partial charge in [0.25, 0.3) is 0 Å². The van der Waals surface area contributed by atoms with E-state index in [4.69, 9.17) is 5.73 Å². The van der Waals surface area contributed by atoms with Crippen LogP contribution in [0.5, 0.6) is 0 Å². The van der Waals surface area contributed by atoms with Crippen LogP contribution in [-0.2, 0) is 0 Å². The van der Waals surface area contributed by atoms with Gasteiger partial charge in [-0.1, -0.05) is 13.3 Å². The molecule has 1 saturated heterocycles. The van der Waals surface area contributed by atoms with Gasteiger partial charge in [-0.05, 0) is 30.9 Å². The van der Waals surface area contributed by atoms with Crippen LogP contribution in [0.1, 0.15) is 36.5 Å². The Kier molecular flexibility index (Phi) is 3.93. The van der Waals surface area contributed by atoms with Crippen molar-refractivity contribution in [2.24, 2.45) is 5.92 Å². The second-order valence-electron chi connectivity index (χ2n) is 5.02. The molecule has 1 aliphatic rings. The topological polar surface area (TPSA) is 66.6 Å². The van der Waals surface area contributed by atoms with Crippen molar-refractivity contribution in [1.82, 2.24) is 0 Å². The van der Waals surface area contributed by atoms with Crippen LogP contribution in [0, 0.1) is 11.7 Å². The summed E-state index contributed by atoms with van der Waals surface area (Å²) >= 11 is 0. The van der Waals surface area contributed by atoms with E-state index in [0.717, 1.165) is 32.4 Å². The van der Waals surface area contributed by atoms with Crippen LogP contribution in [0.3, 0.4) is 0 Å². The van der Waals surface area contributed by atoms with Gasteiger partial charge in [-0.25, -0.2) is 9.18 Å². The summed E-state index contributed by atoms with van der Waals surface area (Å²) in [6.07, 6.45) is 3.25. The van der Waals surface area contributed by atoms with Crippen LogP contribution in [0.2, 0.25) is 0 Å². The minimum Gasteiger partial charge on any atom is -0.478 e. The van der Waals surface area contributed by atoms with Crippen molar-refractivity contribution >= 4 is 17.3 Å². The van der Waals surface area contributed by atoms with Gasteiger partial charge < -0.3 is 15.7 Å². The molecule has 0 aliphatic carbocycles. The Morgan fingerprint density at radius 2 is 2.32 bits per heavy atom. The van der Waals surface area contributed by atoms with Gasteiger partial charge in [0.2, 0.25) is 0 Å². The molecule has 104 valence electrons. The molecule has 5 heteroatoms. The largest absolute Gasteiger partial charge is 0.478 e. The van der Waals surface area contributed by atoms with E-state index in [2.05, 4.69) is 6.92 Å². The highest BCUT2D eigenvalue weighted by Crippen LogP contribution is 2.32. The molecule has 3 N–H and O–H groups in total. The molecule has 0 radical (unpaired) electrons. The fourth-order valence-corrected chi connectivity index (χ4v) is 2.69. The first-order valence-corrected chi connectivity index (χ1v) is 6.60. The minimum absolute atomic E-state index is 0.114. The minimum atomic E-state index is -1.18. The monoisotopic (exact) mass is 266 g/mol. The summed E-state index contributed by atoms with van der Waals surface area (Å²) in [5.74, 6) is -1.29. The number of hydrogen-bond donors (Lipinski definition) is 2.